The van der Waals surface area contributed by atoms with Crippen LogP contribution in [-0.2, 0) is 6.42 Å². The van der Waals surface area contributed by atoms with E-state index in [2.05, 4.69) is 5.32 Å². The third kappa shape index (κ3) is 5.19. The van der Waals surface area contributed by atoms with Crippen LogP contribution in [0.1, 0.15) is 16.1 Å². The van der Waals surface area contributed by atoms with Gasteiger partial charge in [0.2, 0.25) is 0 Å². The first-order valence-electron chi connectivity index (χ1n) is 10.6. The summed E-state index contributed by atoms with van der Waals surface area (Å²) in [6.07, 6.45) is 0.570. The monoisotopic (exact) mass is 495 g/mol. The van der Waals surface area contributed by atoms with Gasteiger partial charge in [0.25, 0.3) is 5.91 Å². The van der Waals surface area contributed by atoms with E-state index in [4.69, 9.17) is 37.8 Å². The number of amides is 1. The molecule has 34 heavy (non-hydrogen) atoms. The van der Waals surface area contributed by atoms with Crippen LogP contribution in [0.2, 0.25) is 10.0 Å². The SMILES string of the molecule is COc1ccc(-c2cc(C(=O)NCCc3ccc(Cl)cc3Cl)n(-c3ccccc3)n2)c(OC)c1. The van der Waals surface area contributed by atoms with Crippen LogP contribution < -0.4 is 14.8 Å². The number of ether oxygens (including phenoxy) is 2. The molecule has 1 aromatic heterocycles. The molecule has 174 valence electrons. The molecule has 0 saturated heterocycles. The molecule has 0 atom stereocenters. The zero-order valence-electron chi connectivity index (χ0n) is 18.7. The number of carbonyl (C=O) groups is 1. The van der Waals surface area contributed by atoms with Crippen LogP contribution >= 0.6 is 23.2 Å². The number of methoxy groups -OCH3 is 2. The third-order valence-electron chi connectivity index (χ3n) is 5.32. The second kappa shape index (κ2) is 10.6. The van der Waals surface area contributed by atoms with E-state index in [1.54, 1.807) is 43.2 Å². The molecule has 4 rings (SSSR count). The van der Waals surface area contributed by atoms with E-state index in [0.29, 0.717) is 45.9 Å². The lowest BCUT2D eigenvalue weighted by Gasteiger charge is -2.09. The third-order valence-corrected chi connectivity index (χ3v) is 5.91. The minimum Gasteiger partial charge on any atom is -0.497 e. The Labute approximate surface area is 208 Å². The number of rotatable bonds is 8. The molecule has 0 bridgehead atoms. The molecule has 0 aliphatic heterocycles. The Balaban J connectivity index is 1.63. The van der Waals surface area contributed by atoms with Gasteiger partial charge in [0.1, 0.15) is 17.2 Å². The molecule has 0 aliphatic rings. The van der Waals surface area contributed by atoms with Crippen molar-refractivity contribution in [2.24, 2.45) is 0 Å². The van der Waals surface area contributed by atoms with Gasteiger partial charge >= 0.3 is 0 Å². The van der Waals surface area contributed by atoms with E-state index >= 15 is 0 Å². The van der Waals surface area contributed by atoms with Gasteiger partial charge in [-0.2, -0.15) is 5.10 Å². The number of hydrogen-bond acceptors (Lipinski definition) is 4. The number of hydrogen-bond donors (Lipinski definition) is 1. The van der Waals surface area contributed by atoms with Crippen LogP contribution in [0.4, 0.5) is 0 Å². The van der Waals surface area contributed by atoms with E-state index in [9.17, 15) is 4.79 Å². The van der Waals surface area contributed by atoms with Gasteiger partial charge < -0.3 is 14.8 Å². The number of nitrogens with zero attached hydrogens (tertiary/aromatic N) is 2. The van der Waals surface area contributed by atoms with Gasteiger partial charge in [-0.05, 0) is 54.4 Å². The zero-order chi connectivity index (χ0) is 24.1. The molecule has 8 heteroatoms. The topological polar surface area (TPSA) is 65.4 Å². The maximum atomic E-state index is 13.2. The molecular formula is C26H23Cl2N3O3. The van der Waals surface area contributed by atoms with Gasteiger partial charge in [0, 0.05) is 28.2 Å². The number of halogens is 2. The fourth-order valence-corrected chi connectivity index (χ4v) is 4.08. The van der Waals surface area contributed by atoms with Crippen molar-refractivity contribution >= 4 is 29.1 Å². The summed E-state index contributed by atoms with van der Waals surface area (Å²) in [6, 6.07) is 22.1. The molecule has 0 unspecified atom stereocenters. The lowest BCUT2D eigenvalue weighted by Crippen LogP contribution is -2.27. The van der Waals surface area contributed by atoms with Crippen molar-refractivity contribution in [2.75, 3.05) is 20.8 Å². The molecular weight excluding hydrogens is 473 g/mol. The Bertz CT molecular complexity index is 1310. The van der Waals surface area contributed by atoms with Crippen LogP contribution in [0.5, 0.6) is 11.5 Å². The average Bonchev–Trinajstić information content (AvgIpc) is 3.31. The minimum atomic E-state index is -0.250. The highest BCUT2D eigenvalue weighted by Gasteiger charge is 2.20. The van der Waals surface area contributed by atoms with Crippen LogP contribution in [0, 0.1) is 0 Å². The summed E-state index contributed by atoms with van der Waals surface area (Å²) in [5, 5.41) is 8.84. The van der Waals surface area contributed by atoms with E-state index < -0.39 is 0 Å². The molecule has 4 aromatic rings. The van der Waals surface area contributed by atoms with E-state index in [1.165, 1.54) is 0 Å². The van der Waals surface area contributed by atoms with Crippen molar-refractivity contribution in [3.63, 3.8) is 0 Å². The van der Waals surface area contributed by atoms with Crippen molar-refractivity contribution in [2.45, 2.75) is 6.42 Å². The summed E-state index contributed by atoms with van der Waals surface area (Å²) >= 11 is 12.2. The van der Waals surface area contributed by atoms with Crippen LogP contribution in [0.15, 0.2) is 72.8 Å². The van der Waals surface area contributed by atoms with E-state index in [1.807, 2.05) is 48.5 Å². The summed E-state index contributed by atoms with van der Waals surface area (Å²) in [5.41, 5.74) is 3.44. The van der Waals surface area contributed by atoms with Crippen LogP contribution in [-0.4, -0.2) is 36.5 Å². The van der Waals surface area contributed by atoms with Gasteiger partial charge in [0.15, 0.2) is 0 Å². The molecule has 0 radical (unpaired) electrons. The van der Waals surface area contributed by atoms with Crippen LogP contribution in [0.3, 0.4) is 0 Å². The highest BCUT2D eigenvalue weighted by Crippen LogP contribution is 2.33. The average molecular weight is 496 g/mol. The Hall–Kier alpha value is -3.48. The highest BCUT2D eigenvalue weighted by atomic mass is 35.5. The summed E-state index contributed by atoms with van der Waals surface area (Å²) in [6.45, 7) is 0.404. The van der Waals surface area contributed by atoms with Crippen molar-refractivity contribution < 1.29 is 14.3 Å². The van der Waals surface area contributed by atoms with Crippen molar-refractivity contribution in [3.8, 4) is 28.4 Å². The predicted molar refractivity (Wildman–Crippen MR) is 135 cm³/mol. The standard InChI is InChI=1S/C26H23Cl2N3O3/c1-33-20-10-11-21(25(15-20)34-2)23-16-24(31(30-23)19-6-4-3-5-7-19)26(32)29-13-12-17-8-9-18(27)14-22(17)28/h3-11,14-16H,12-13H2,1-2H3,(H,29,32). The highest BCUT2D eigenvalue weighted by molar-refractivity contribution is 6.35. The largest absolute Gasteiger partial charge is 0.497 e. The van der Waals surface area contributed by atoms with Crippen molar-refractivity contribution in [1.82, 2.24) is 15.1 Å². The first-order valence-corrected chi connectivity index (χ1v) is 11.4. The summed E-state index contributed by atoms with van der Waals surface area (Å²) < 4.78 is 12.5. The van der Waals surface area contributed by atoms with E-state index in [0.717, 1.165) is 16.8 Å². The normalized spacial score (nSPS) is 10.7. The molecule has 0 fully saturated rings. The second-order valence-electron chi connectivity index (χ2n) is 7.47. The molecule has 6 nitrogen and oxygen atoms in total. The number of carbonyl (C=O) groups excluding carboxylic acids is 1. The van der Waals surface area contributed by atoms with Crippen molar-refractivity contribution in [1.29, 1.82) is 0 Å². The fourth-order valence-electron chi connectivity index (χ4n) is 3.58. The first-order chi connectivity index (χ1) is 16.5. The van der Waals surface area contributed by atoms with Crippen molar-refractivity contribution in [3.05, 3.63) is 94.1 Å². The molecule has 3 aromatic carbocycles. The Morgan fingerprint density at radius 3 is 2.47 bits per heavy atom. The minimum absolute atomic E-state index is 0.250. The Morgan fingerprint density at radius 1 is 0.971 bits per heavy atom. The van der Waals surface area contributed by atoms with Gasteiger partial charge in [-0.25, -0.2) is 4.68 Å². The van der Waals surface area contributed by atoms with Crippen LogP contribution in [0.25, 0.3) is 16.9 Å². The number of benzene rings is 3. The number of para-hydroxylation sites is 1. The summed E-state index contributed by atoms with van der Waals surface area (Å²) in [7, 11) is 3.18. The predicted octanol–water partition coefficient (Wildman–Crippen LogP) is 5.84. The maximum absolute atomic E-state index is 13.2. The molecule has 0 saturated carbocycles. The summed E-state index contributed by atoms with van der Waals surface area (Å²) in [5.74, 6) is 1.02. The lowest BCUT2D eigenvalue weighted by molar-refractivity contribution is 0.0946. The molecule has 0 spiro atoms. The fraction of sp³-hybridized carbons (Fsp3) is 0.154. The summed E-state index contributed by atoms with van der Waals surface area (Å²) in [4.78, 5) is 13.2. The zero-order valence-corrected chi connectivity index (χ0v) is 20.2. The van der Waals surface area contributed by atoms with Gasteiger partial charge in [-0.1, -0.05) is 47.5 Å². The smallest absolute Gasteiger partial charge is 0.270 e. The molecule has 0 aliphatic carbocycles. The first kappa shape index (κ1) is 23.7. The number of aromatic nitrogens is 2. The number of nitrogens with one attached hydrogen (secondary N) is 1. The quantitative estimate of drug-likeness (QED) is 0.333. The Kier molecular flexibility index (Phi) is 7.40. The Morgan fingerprint density at radius 2 is 1.76 bits per heavy atom. The molecule has 1 N–H and O–H groups in total. The van der Waals surface area contributed by atoms with Gasteiger partial charge in [-0.15, -0.1) is 0 Å². The second-order valence-corrected chi connectivity index (χ2v) is 8.31. The lowest BCUT2D eigenvalue weighted by atomic mass is 10.1. The molecule has 1 amide bonds. The van der Waals surface area contributed by atoms with E-state index in [-0.39, 0.29) is 5.91 Å². The maximum Gasteiger partial charge on any atom is 0.270 e. The molecule has 1 heterocycles. The van der Waals surface area contributed by atoms with Gasteiger partial charge in [-0.3, -0.25) is 4.79 Å². The van der Waals surface area contributed by atoms with Gasteiger partial charge in [0.05, 0.1) is 25.6 Å².